The van der Waals surface area contributed by atoms with E-state index in [1.807, 2.05) is 63.2 Å². The second-order valence-electron chi connectivity index (χ2n) is 9.18. The predicted octanol–water partition coefficient (Wildman–Crippen LogP) is 5.89. The third-order valence-corrected chi connectivity index (χ3v) is 6.01. The van der Waals surface area contributed by atoms with E-state index in [0.717, 1.165) is 34.5 Å². The van der Waals surface area contributed by atoms with E-state index >= 15 is 0 Å². The number of benzene rings is 3. The Morgan fingerprint density at radius 3 is 2.50 bits per heavy atom. The second-order valence-corrected chi connectivity index (χ2v) is 9.18. The largest absolute Gasteiger partial charge is 0.491 e. The van der Waals surface area contributed by atoms with Crippen LogP contribution < -0.4 is 15.0 Å². The van der Waals surface area contributed by atoms with Crippen LogP contribution in [0.1, 0.15) is 30.5 Å². The number of halogens is 2. The van der Waals surface area contributed by atoms with Crippen molar-refractivity contribution in [2.45, 2.75) is 33.9 Å². The number of amides is 3. The zero-order valence-electron chi connectivity index (χ0n) is 20.6. The number of carbonyl (C=O) groups excluding carboxylic acids is 2. The second kappa shape index (κ2) is 10.8. The lowest BCUT2D eigenvalue weighted by molar-refractivity contribution is -0.121. The molecule has 36 heavy (non-hydrogen) atoms. The molecule has 0 saturated heterocycles. The summed E-state index contributed by atoms with van der Waals surface area (Å²) in [5.41, 5.74) is 3.49. The van der Waals surface area contributed by atoms with E-state index in [-0.39, 0.29) is 30.7 Å². The molecule has 3 amide bonds. The van der Waals surface area contributed by atoms with E-state index in [1.165, 1.54) is 11.0 Å². The highest BCUT2D eigenvalue weighted by Crippen LogP contribution is 2.27. The summed E-state index contributed by atoms with van der Waals surface area (Å²) in [4.78, 5) is 29.1. The van der Waals surface area contributed by atoms with Crippen LogP contribution in [0.15, 0.2) is 60.7 Å². The maximum Gasteiger partial charge on any atom is 0.322 e. The zero-order chi connectivity index (χ0) is 25.8. The number of anilines is 2. The molecular formula is C28H29F2N3O3. The summed E-state index contributed by atoms with van der Waals surface area (Å²) in [6.07, 6.45) is 0. The molecule has 6 nitrogen and oxygen atoms in total. The number of ether oxygens (including phenoxy) is 1. The van der Waals surface area contributed by atoms with E-state index in [9.17, 15) is 18.4 Å². The summed E-state index contributed by atoms with van der Waals surface area (Å²) < 4.78 is 33.1. The molecule has 4 rings (SSSR count). The lowest BCUT2D eigenvalue weighted by Gasteiger charge is -2.26. The quantitative estimate of drug-likeness (QED) is 0.482. The van der Waals surface area contributed by atoms with Gasteiger partial charge < -0.3 is 19.9 Å². The molecule has 0 spiro atoms. The standard InChI is InChI=1S/C28H29F2N3O3/c1-18(2)27(34)33(23-8-4-19(3)5-9-23)16-20-6-11-26-21(14-20)17-32(12-13-36-26)28(35)31-25-10-7-22(29)15-24(25)30/h4-11,14-15,18H,12-13,16-17H2,1-3H3,(H,31,35). The van der Waals surface area contributed by atoms with Crippen LogP contribution in [0.25, 0.3) is 0 Å². The first-order valence-corrected chi connectivity index (χ1v) is 11.8. The maximum atomic E-state index is 14.0. The van der Waals surface area contributed by atoms with Gasteiger partial charge in [0.25, 0.3) is 0 Å². The maximum absolute atomic E-state index is 14.0. The first-order valence-electron chi connectivity index (χ1n) is 11.8. The number of fused-ring (bicyclic) bond motifs is 1. The number of hydrogen-bond donors (Lipinski definition) is 1. The Bertz CT molecular complexity index is 1260. The summed E-state index contributed by atoms with van der Waals surface area (Å²) >= 11 is 0. The fraction of sp³-hybridized carbons (Fsp3) is 0.286. The highest BCUT2D eigenvalue weighted by atomic mass is 19.1. The molecule has 1 aliphatic heterocycles. The number of hydrogen-bond acceptors (Lipinski definition) is 3. The van der Waals surface area contributed by atoms with Gasteiger partial charge in [0.15, 0.2) is 0 Å². The highest BCUT2D eigenvalue weighted by molar-refractivity contribution is 5.94. The fourth-order valence-corrected chi connectivity index (χ4v) is 4.02. The van der Waals surface area contributed by atoms with Crippen LogP contribution in [0.5, 0.6) is 5.75 Å². The van der Waals surface area contributed by atoms with Crippen molar-refractivity contribution in [3.05, 3.63) is 89.0 Å². The van der Waals surface area contributed by atoms with Crippen molar-refractivity contribution in [2.24, 2.45) is 5.92 Å². The molecule has 188 valence electrons. The Balaban J connectivity index is 1.55. The van der Waals surface area contributed by atoms with Crippen molar-refractivity contribution in [2.75, 3.05) is 23.4 Å². The number of nitrogens with zero attached hydrogens (tertiary/aromatic N) is 2. The molecule has 8 heteroatoms. The number of aryl methyl sites for hydroxylation is 1. The van der Waals surface area contributed by atoms with Gasteiger partial charge in [-0.1, -0.05) is 37.6 Å². The first-order chi connectivity index (χ1) is 17.2. The fourth-order valence-electron chi connectivity index (χ4n) is 4.02. The Kier molecular flexibility index (Phi) is 7.52. The highest BCUT2D eigenvalue weighted by Gasteiger charge is 2.23. The molecule has 0 aromatic heterocycles. The van der Waals surface area contributed by atoms with E-state index in [4.69, 9.17) is 4.74 Å². The van der Waals surface area contributed by atoms with Gasteiger partial charge in [-0.15, -0.1) is 0 Å². The first kappa shape index (κ1) is 25.2. The van der Waals surface area contributed by atoms with E-state index in [2.05, 4.69) is 5.32 Å². The SMILES string of the molecule is Cc1ccc(N(Cc2ccc3c(c2)CN(C(=O)Nc2ccc(F)cc2F)CCO3)C(=O)C(C)C)cc1. The van der Waals surface area contributed by atoms with Crippen LogP contribution in [-0.2, 0) is 17.9 Å². The third-order valence-electron chi connectivity index (χ3n) is 6.01. The van der Waals surface area contributed by atoms with Crippen molar-refractivity contribution in [1.29, 1.82) is 0 Å². The minimum Gasteiger partial charge on any atom is -0.491 e. The molecule has 0 saturated carbocycles. The van der Waals surface area contributed by atoms with Crippen LogP contribution in [0.4, 0.5) is 25.0 Å². The molecule has 0 bridgehead atoms. The van der Waals surface area contributed by atoms with Crippen molar-refractivity contribution < 1.29 is 23.1 Å². The molecule has 0 radical (unpaired) electrons. The van der Waals surface area contributed by atoms with Gasteiger partial charge in [-0.2, -0.15) is 0 Å². The number of rotatable bonds is 5. The van der Waals surface area contributed by atoms with Crippen molar-refractivity contribution in [3.63, 3.8) is 0 Å². The Labute approximate surface area is 209 Å². The summed E-state index contributed by atoms with van der Waals surface area (Å²) in [7, 11) is 0. The van der Waals surface area contributed by atoms with Gasteiger partial charge in [-0.3, -0.25) is 4.79 Å². The monoisotopic (exact) mass is 493 g/mol. The number of urea groups is 1. The number of carbonyl (C=O) groups is 2. The van der Waals surface area contributed by atoms with Crippen LogP contribution >= 0.6 is 0 Å². The van der Waals surface area contributed by atoms with Crippen molar-refractivity contribution in [3.8, 4) is 5.75 Å². The lowest BCUT2D eigenvalue weighted by Crippen LogP contribution is -2.36. The van der Waals surface area contributed by atoms with Gasteiger partial charge in [0.05, 0.1) is 25.3 Å². The Morgan fingerprint density at radius 1 is 1.06 bits per heavy atom. The van der Waals surface area contributed by atoms with Crippen molar-refractivity contribution in [1.82, 2.24) is 4.90 Å². The summed E-state index contributed by atoms with van der Waals surface area (Å²) in [5.74, 6) is -1.08. The van der Waals surface area contributed by atoms with Crippen LogP contribution in [0.2, 0.25) is 0 Å². The third kappa shape index (κ3) is 5.82. The van der Waals surface area contributed by atoms with Gasteiger partial charge in [-0.25, -0.2) is 13.6 Å². The molecule has 1 heterocycles. The van der Waals surface area contributed by atoms with Gasteiger partial charge in [0.2, 0.25) is 5.91 Å². The summed E-state index contributed by atoms with van der Waals surface area (Å²) in [6, 6.07) is 16.0. The number of nitrogens with one attached hydrogen (secondary N) is 1. The van der Waals surface area contributed by atoms with Gasteiger partial charge in [0.1, 0.15) is 24.0 Å². The minimum atomic E-state index is -0.844. The predicted molar refractivity (Wildman–Crippen MR) is 135 cm³/mol. The van der Waals surface area contributed by atoms with E-state index in [1.54, 1.807) is 4.90 Å². The van der Waals surface area contributed by atoms with Gasteiger partial charge in [0, 0.05) is 23.2 Å². The normalized spacial score (nSPS) is 13.0. The van der Waals surface area contributed by atoms with Crippen molar-refractivity contribution >= 4 is 23.3 Å². The zero-order valence-corrected chi connectivity index (χ0v) is 20.6. The summed E-state index contributed by atoms with van der Waals surface area (Å²) in [6.45, 7) is 6.90. The van der Waals surface area contributed by atoms with E-state index in [0.29, 0.717) is 18.8 Å². The Hall–Kier alpha value is -3.94. The lowest BCUT2D eigenvalue weighted by atomic mass is 10.1. The van der Waals surface area contributed by atoms with Gasteiger partial charge in [-0.05, 0) is 48.9 Å². The Morgan fingerprint density at radius 2 is 1.81 bits per heavy atom. The molecule has 0 atom stereocenters. The molecule has 1 aliphatic rings. The molecule has 0 unspecified atom stereocenters. The van der Waals surface area contributed by atoms with E-state index < -0.39 is 17.7 Å². The van der Waals surface area contributed by atoms with Gasteiger partial charge >= 0.3 is 6.03 Å². The topological polar surface area (TPSA) is 61.9 Å². The van der Waals surface area contributed by atoms with Crippen LogP contribution in [0, 0.1) is 24.5 Å². The average Bonchev–Trinajstić information content (AvgIpc) is 3.06. The minimum absolute atomic E-state index is 0.00683. The summed E-state index contributed by atoms with van der Waals surface area (Å²) in [5, 5.41) is 2.50. The molecule has 1 N–H and O–H groups in total. The van der Waals surface area contributed by atoms with Crippen LogP contribution in [-0.4, -0.2) is 30.0 Å². The molecule has 3 aromatic carbocycles. The average molecular weight is 494 g/mol. The molecular weight excluding hydrogens is 464 g/mol. The molecule has 0 aliphatic carbocycles. The smallest absolute Gasteiger partial charge is 0.322 e. The molecule has 3 aromatic rings. The van der Waals surface area contributed by atoms with Crippen LogP contribution in [0.3, 0.4) is 0 Å². The molecule has 0 fully saturated rings.